The lowest BCUT2D eigenvalue weighted by Gasteiger charge is -1.89. The van der Waals surface area contributed by atoms with Crippen molar-refractivity contribution in [1.29, 1.82) is 0 Å². The van der Waals surface area contributed by atoms with Gasteiger partial charge in [0.1, 0.15) is 5.75 Å². The van der Waals surface area contributed by atoms with E-state index in [4.69, 9.17) is 13.9 Å². The van der Waals surface area contributed by atoms with Crippen molar-refractivity contribution >= 4 is 33.7 Å². The normalized spacial score (nSPS) is 10.6. The highest BCUT2D eigenvalue weighted by Gasteiger charge is 2.14. The van der Waals surface area contributed by atoms with E-state index in [1.54, 1.807) is 6.07 Å². The maximum atomic E-state index is 10.3. The summed E-state index contributed by atoms with van der Waals surface area (Å²) in [6.45, 7) is 0. The Bertz CT molecular complexity index is 510. The number of aliphatic carboxylic acids is 1. The monoisotopic (exact) mass is 304 g/mol. The highest BCUT2D eigenvalue weighted by atomic mass is 79.9. The molecule has 16 heavy (non-hydrogen) atoms. The van der Waals surface area contributed by atoms with Crippen molar-refractivity contribution in [2.75, 3.05) is 5.75 Å². The van der Waals surface area contributed by atoms with Crippen molar-refractivity contribution < 1.29 is 18.7 Å². The molecule has 8 heteroatoms. The lowest BCUT2D eigenvalue weighted by molar-refractivity contribution is -0.133. The Morgan fingerprint density at radius 2 is 2.38 bits per heavy atom. The second-order valence-corrected chi connectivity index (χ2v) is 4.31. The van der Waals surface area contributed by atoms with Gasteiger partial charge >= 0.3 is 5.97 Å². The van der Waals surface area contributed by atoms with Gasteiger partial charge in [0, 0.05) is 0 Å². The highest BCUT2D eigenvalue weighted by Crippen LogP contribution is 2.29. The average molecular weight is 305 g/mol. The molecule has 0 aliphatic heterocycles. The summed E-state index contributed by atoms with van der Waals surface area (Å²) in [6.07, 6.45) is 1.48. The Balaban J connectivity index is 2.14. The number of hydrogen-bond donors (Lipinski definition) is 1. The molecule has 0 aliphatic carbocycles. The van der Waals surface area contributed by atoms with E-state index in [9.17, 15) is 4.79 Å². The van der Waals surface area contributed by atoms with Crippen LogP contribution in [0.5, 0.6) is 0 Å². The third-order valence-electron chi connectivity index (χ3n) is 1.57. The van der Waals surface area contributed by atoms with E-state index in [0.29, 0.717) is 10.2 Å². The minimum absolute atomic E-state index is 0.117. The summed E-state index contributed by atoms with van der Waals surface area (Å²) >= 11 is 4.15. The van der Waals surface area contributed by atoms with Crippen molar-refractivity contribution in [2.45, 2.75) is 5.22 Å². The number of hydrogen-bond acceptors (Lipinski definition) is 6. The van der Waals surface area contributed by atoms with Gasteiger partial charge in [-0.05, 0) is 22.0 Å². The standard InChI is InChI=1S/C8H5BrN2O4S/c9-6-4(1-2-14-6)7-10-11-8(15-7)16-3-5(12)13/h1-2H,3H2,(H,12,13). The van der Waals surface area contributed by atoms with Crippen LogP contribution < -0.4 is 0 Å². The number of halogens is 1. The van der Waals surface area contributed by atoms with Crippen molar-refractivity contribution in [1.82, 2.24) is 10.2 Å². The van der Waals surface area contributed by atoms with E-state index in [2.05, 4.69) is 26.1 Å². The third kappa shape index (κ3) is 2.45. The number of nitrogens with zero attached hydrogens (tertiary/aromatic N) is 2. The molecule has 0 aromatic carbocycles. The van der Waals surface area contributed by atoms with Crippen molar-refractivity contribution in [2.24, 2.45) is 0 Å². The van der Waals surface area contributed by atoms with Crippen LogP contribution in [0.1, 0.15) is 0 Å². The quantitative estimate of drug-likeness (QED) is 0.866. The zero-order valence-corrected chi connectivity index (χ0v) is 10.1. The van der Waals surface area contributed by atoms with Crippen molar-refractivity contribution in [3.63, 3.8) is 0 Å². The molecule has 0 spiro atoms. The number of carboxylic acid groups (broad SMARTS) is 1. The molecule has 6 nitrogen and oxygen atoms in total. The topological polar surface area (TPSA) is 89.4 Å². The summed E-state index contributed by atoms with van der Waals surface area (Å²) in [5.74, 6) is -0.767. The van der Waals surface area contributed by atoms with Crippen LogP contribution in [0, 0.1) is 0 Å². The summed E-state index contributed by atoms with van der Waals surface area (Å²) in [7, 11) is 0. The van der Waals surface area contributed by atoms with Gasteiger partial charge < -0.3 is 13.9 Å². The average Bonchev–Trinajstić information content (AvgIpc) is 2.83. The van der Waals surface area contributed by atoms with Gasteiger partial charge in [0.15, 0.2) is 4.67 Å². The Morgan fingerprint density at radius 1 is 1.56 bits per heavy atom. The van der Waals surface area contributed by atoms with Crippen molar-refractivity contribution in [3.8, 4) is 11.5 Å². The van der Waals surface area contributed by atoms with Gasteiger partial charge in [0.25, 0.3) is 11.1 Å². The van der Waals surface area contributed by atoms with Crippen molar-refractivity contribution in [3.05, 3.63) is 17.0 Å². The molecule has 0 saturated heterocycles. The molecule has 0 atom stereocenters. The first-order valence-electron chi connectivity index (χ1n) is 4.08. The Kier molecular flexibility index (Phi) is 3.30. The first-order chi connectivity index (χ1) is 7.66. The van der Waals surface area contributed by atoms with E-state index in [1.165, 1.54) is 6.26 Å². The fraction of sp³-hybridized carbons (Fsp3) is 0.125. The van der Waals surface area contributed by atoms with Crippen LogP contribution in [-0.2, 0) is 4.79 Å². The fourth-order valence-electron chi connectivity index (χ4n) is 0.947. The van der Waals surface area contributed by atoms with Gasteiger partial charge in [0.05, 0.1) is 11.8 Å². The minimum atomic E-state index is -0.936. The summed E-state index contributed by atoms with van der Waals surface area (Å²) in [4.78, 5) is 10.3. The lowest BCUT2D eigenvalue weighted by Crippen LogP contribution is -1.97. The number of thioether (sulfide) groups is 1. The fourth-order valence-corrected chi connectivity index (χ4v) is 1.84. The Hall–Kier alpha value is -1.28. The lowest BCUT2D eigenvalue weighted by atomic mass is 10.3. The van der Waals surface area contributed by atoms with Crippen LogP contribution in [0.15, 0.2) is 31.1 Å². The summed E-state index contributed by atoms with van der Waals surface area (Å²) in [5.41, 5.74) is 0.634. The van der Waals surface area contributed by atoms with Gasteiger partial charge in [-0.2, -0.15) is 0 Å². The summed E-state index contributed by atoms with van der Waals surface area (Å²) in [5, 5.41) is 16.2. The molecule has 0 bridgehead atoms. The molecule has 2 aromatic heterocycles. The first kappa shape index (κ1) is 11.2. The van der Waals surface area contributed by atoms with Gasteiger partial charge in [0.2, 0.25) is 0 Å². The van der Waals surface area contributed by atoms with Crippen LogP contribution in [0.2, 0.25) is 0 Å². The van der Waals surface area contributed by atoms with E-state index in [1.807, 2.05) is 0 Å². The van der Waals surface area contributed by atoms with Gasteiger partial charge in [-0.3, -0.25) is 4.79 Å². The molecule has 0 fully saturated rings. The molecule has 2 heterocycles. The Labute approximate surface area is 102 Å². The molecular formula is C8H5BrN2O4S. The molecule has 0 aliphatic rings. The second kappa shape index (κ2) is 4.71. The van der Waals surface area contributed by atoms with Crippen LogP contribution >= 0.6 is 27.7 Å². The number of furan rings is 1. The molecule has 0 saturated carbocycles. The molecule has 0 unspecified atom stereocenters. The smallest absolute Gasteiger partial charge is 0.314 e. The van der Waals surface area contributed by atoms with Gasteiger partial charge in [-0.1, -0.05) is 11.8 Å². The maximum absolute atomic E-state index is 10.3. The van der Waals surface area contributed by atoms with Gasteiger partial charge in [-0.25, -0.2) is 0 Å². The molecule has 0 amide bonds. The van der Waals surface area contributed by atoms with E-state index in [0.717, 1.165) is 11.8 Å². The van der Waals surface area contributed by atoms with E-state index in [-0.39, 0.29) is 16.9 Å². The van der Waals surface area contributed by atoms with Crippen LogP contribution in [0.3, 0.4) is 0 Å². The molecule has 2 rings (SSSR count). The number of carbonyl (C=O) groups is 1. The number of carboxylic acids is 1. The first-order valence-corrected chi connectivity index (χ1v) is 5.86. The molecule has 1 N–H and O–H groups in total. The zero-order valence-electron chi connectivity index (χ0n) is 7.71. The van der Waals surface area contributed by atoms with Crippen LogP contribution in [0.25, 0.3) is 11.5 Å². The van der Waals surface area contributed by atoms with Gasteiger partial charge in [-0.15, -0.1) is 10.2 Å². The third-order valence-corrected chi connectivity index (χ3v) is 2.99. The Morgan fingerprint density at radius 3 is 3.00 bits per heavy atom. The molecule has 2 aromatic rings. The minimum Gasteiger partial charge on any atom is -0.481 e. The van der Waals surface area contributed by atoms with Crippen LogP contribution in [0.4, 0.5) is 0 Å². The SMILES string of the molecule is O=C(O)CSc1nnc(-c2ccoc2Br)o1. The van der Waals surface area contributed by atoms with Crippen LogP contribution in [-0.4, -0.2) is 27.0 Å². The largest absolute Gasteiger partial charge is 0.481 e. The summed E-state index contributed by atoms with van der Waals surface area (Å²) in [6, 6.07) is 1.67. The number of aromatic nitrogens is 2. The predicted molar refractivity (Wildman–Crippen MR) is 58.1 cm³/mol. The molecule has 0 radical (unpaired) electrons. The molecular weight excluding hydrogens is 300 g/mol. The van der Waals surface area contributed by atoms with E-state index >= 15 is 0 Å². The van der Waals surface area contributed by atoms with E-state index < -0.39 is 5.97 Å². The maximum Gasteiger partial charge on any atom is 0.314 e. The second-order valence-electron chi connectivity index (χ2n) is 2.66. The highest BCUT2D eigenvalue weighted by molar-refractivity contribution is 9.10. The summed E-state index contributed by atoms with van der Waals surface area (Å²) < 4.78 is 10.8. The zero-order chi connectivity index (χ0) is 11.5. The number of rotatable bonds is 4. The predicted octanol–water partition coefficient (Wildman–Crippen LogP) is 2.27. The molecule has 84 valence electrons.